The maximum atomic E-state index is 7.79. The van der Waals surface area contributed by atoms with Crippen molar-refractivity contribution in [2.24, 2.45) is 10.7 Å². The van der Waals surface area contributed by atoms with Crippen molar-refractivity contribution in [1.82, 2.24) is 41.0 Å². The van der Waals surface area contributed by atoms with E-state index in [1.807, 2.05) is 83.9 Å². The molecule has 0 spiro atoms. The van der Waals surface area contributed by atoms with Crippen LogP contribution in [0.3, 0.4) is 0 Å². The standard InChI is InChI=1S/C11H16N4S.C11H22N4S.C10H17N3.C9H11N3.H2/c1-12-11(16)15-7-5-14(6-8-15)10-3-2-4-13-9-10;1-3-15(10-8-14-11(12)16)9-6-4-5-7-13-2;1-4-8(11)9-10(2,12-3)6-5-7-13-9;1-12-6-4-7(10)9-8(12)3-2-5-11-9;/h2-4,9H,5-8H2,1H3,(H,12,16);4-7,13H,3,8-10H2,1-2H3,(H3,12,14,16);5,7,11-12H,4,6H2,1-3H3;2-3,5,10H,4,6H2,1H3;1H/b;6-4-,7-5-;;;. The molecule has 2 aromatic heterocycles. The molecule has 5 heterocycles. The minimum atomic E-state index is -0.151. The largest absolute Gasteiger partial charge is 0.394 e. The first kappa shape index (κ1) is 48.4. The predicted molar refractivity (Wildman–Crippen MR) is 252 cm³/mol. The SMILES string of the molecule is CCC(=N)C1=NC=CCC1(C)NC.CCN(C/C=C\C=C/NC)CCNC(N)=S.CN1CCC(=N)c2ncccc21.CNC(=S)N1CCN(c2cccnc2)CC1.[HH]. The summed E-state index contributed by atoms with van der Waals surface area (Å²) in [5.41, 5.74) is 10.5. The van der Waals surface area contributed by atoms with E-state index < -0.39 is 0 Å². The molecule has 3 aliphatic rings. The molecule has 5 rings (SSSR count). The fourth-order valence-electron chi connectivity index (χ4n) is 5.93. The monoisotopic (exact) mass is 821 g/mol. The molecule has 0 radical (unpaired) electrons. The van der Waals surface area contributed by atoms with Crippen LogP contribution >= 0.6 is 24.4 Å². The van der Waals surface area contributed by atoms with Crippen LogP contribution < -0.4 is 36.8 Å². The summed E-state index contributed by atoms with van der Waals surface area (Å²) in [6.45, 7) is 14.7. The lowest BCUT2D eigenvalue weighted by molar-refractivity contribution is 0.324. The number of fused-ring (bicyclic) bond motifs is 1. The van der Waals surface area contributed by atoms with E-state index in [1.165, 1.54) is 5.69 Å². The highest BCUT2D eigenvalue weighted by atomic mass is 32.1. The van der Waals surface area contributed by atoms with E-state index in [1.54, 1.807) is 18.6 Å². The Balaban J connectivity index is 0.000000387. The van der Waals surface area contributed by atoms with E-state index in [0.717, 1.165) is 100 Å². The first-order valence-corrected chi connectivity index (χ1v) is 20.4. The van der Waals surface area contributed by atoms with E-state index in [-0.39, 0.29) is 6.97 Å². The van der Waals surface area contributed by atoms with Gasteiger partial charge in [0.15, 0.2) is 10.2 Å². The second kappa shape index (κ2) is 27.0. The first-order valence-electron chi connectivity index (χ1n) is 19.5. The third-order valence-electron chi connectivity index (χ3n) is 9.57. The summed E-state index contributed by atoms with van der Waals surface area (Å²) >= 11 is 9.95. The molecule has 3 aliphatic heterocycles. The second-order valence-electron chi connectivity index (χ2n) is 13.5. The summed E-state index contributed by atoms with van der Waals surface area (Å²) in [7, 11) is 7.70. The van der Waals surface area contributed by atoms with Gasteiger partial charge in [0.1, 0.15) is 5.69 Å². The molecule has 14 nitrogen and oxygen atoms in total. The van der Waals surface area contributed by atoms with Crippen LogP contribution in [0.25, 0.3) is 0 Å². The van der Waals surface area contributed by atoms with Gasteiger partial charge in [0, 0.05) is 99.9 Å². The summed E-state index contributed by atoms with van der Waals surface area (Å²) in [6.07, 6.45) is 19.7. The number of rotatable bonds is 12. The van der Waals surface area contributed by atoms with Crippen LogP contribution in [0.4, 0.5) is 11.4 Å². The Kier molecular flexibility index (Phi) is 22.9. The van der Waals surface area contributed by atoms with Gasteiger partial charge >= 0.3 is 0 Å². The van der Waals surface area contributed by atoms with Gasteiger partial charge in [0.25, 0.3) is 0 Å². The number of likely N-dealkylation sites (N-methyl/N-ethyl adjacent to an activating group) is 1. The Morgan fingerprint density at radius 1 is 1.07 bits per heavy atom. The highest BCUT2D eigenvalue weighted by molar-refractivity contribution is 7.80. The van der Waals surface area contributed by atoms with Crippen molar-refractivity contribution < 1.29 is 1.43 Å². The Labute approximate surface area is 353 Å². The van der Waals surface area contributed by atoms with Gasteiger partial charge in [-0.2, -0.15) is 0 Å². The lowest BCUT2D eigenvalue weighted by atomic mass is 9.86. The molecule has 0 aromatic carbocycles. The maximum absolute atomic E-state index is 7.79. The zero-order valence-corrected chi connectivity index (χ0v) is 36.6. The number of aliphatic imine (C=N–C) groups is 1. The van der Waals surface area contributed by atoms with Crippen LogP contribution in [0.5, 0.6) is 0 Å². The Hall–Kier alpha value is -4.77. The second-order valence-corrected chi connectivity index (χ2v) is 14.3. The first-order chi connectivity index (χ1) is 27.4. The van der Waals surface area contributed by atoms with Gasteiger partial charge in [-0.1, -0.05) is 32.1 Å². The maximum Gasteiger partial charge on any atom is 0.168 e. The van der Waals surface area contributed by atoms with Crippen molar-refractivity contribution in [3.8, 4) is 0 Å². The molecule has 0 saturated carbocycles. The molecular weight excluding hydrogens is 753 g/mol. The molecular formula is C41H68N14S2. The normalized spacial score (nSPS) is 17.3. The van der Waals surface area contributed by atoms with E-state index in [2.05, 4.69) is 81.8 Å². The highest BCUT2D eigenvalue weighted by Crippen LogP contribution is 2.23. The van der Waals surface area contributed by atoms with Gasteiger partial charge in [0.2, 0.25) is 0 Å². The number of anilines is 2. The molecule has 0 amide bonds. The minimum absolute atomic E-state index is 0. The number of thiocarbonyl (C=S) groups is 2. The summed E-state index contributed by atoms with van der Waals surface area (Å²) in [4.78, 5) is 21.6. The average molecular weight is 821 g/mol. The van der Waals surface area contributed by atoms with Crippen LogP contribution in [-0.4, -0.2) is 140 Å². The zero-order chi connectivity index (χ0) is 42.1. The van der Waals surface area contributed by atoms with Crippen molar-refractivity contribution >= 4 is 63.2 Å². The number of nitrogens with one attached hydrogen (secondary N) is 6. The number of piperazine rings is 1. The number of hydrogen-bond donors (Lipinski definition) is 7. The summed E-state index contributed by atoms with van der Waals surface area (Å²) < 4.78 is 0. The van der Waals surface area contributed by atoms with Crippen LogP contribution in [0.15, 0.2) is 84.6 Å². The number of hydrogen-bond acceptors (Lipinski definition) is 12. The summed E-state index contributed by atoms with van der Waals surface area (Å²) in [5, 5.41) is 28.8. The Morgan fingerprint density at radius 2 is 1.81 bits per heavy atom. The number of allylic oxidation sites excluding steroid dienone is 2. The van der Waals surface area contributed by atoms with Gasteiger partial charge in [-0.25, -0.2) is 0 Å². The van der Waals surface area contributed by atoms with Crippen LogP contribution in [0.2, 0.25) is 0 Å². The van der Waals surface area contributed by atoms with E-state index in [0.29, 0.717) is 16.5 Å². The van der Waals surface area contributed by atoms with Crippen molar-refractivity contribution in [3.63, 3.8) is 0 Å². The average Bonchev–Trinajstić information content (AvgIpc) is 3.25. The number of aromatic nitrogens is 2. The van der Waals surface area contributed by atoms with Crippen LogP contribution in [0, 0.1) is 10.8 Å². The summed E-state index contributed by atoms with van der Waals surface area (Å²) in [6, 6.07) is 7.99. The lowest BCUT2D eigenvalue weighted by Gasteiger charge is -2.36. The molecule has 16 heteroatoms. The van der Waals surface area contributed by atoms with Crippen molar-refractivity contribution in [2.75, 3.05) is 96.9 Å². The van der Waals surface area contributed by atoms with Crippen LogP contribution in [-0.2, 0) is 0 Å². The Bertz CT molecular complexity index is 1660. The summed E-state index contributed by atoms with van der Waals surface area (Å²) in [5.74, 6) is 0. The molecule has 57 heavy (non-hydrogen) atoms. The van der Waals surface area contributed by atoms with E-state index >= 15 is 0 Å². The molecule has 1 atom stereocenters. The third-order valence-corrected chi connectivity index (χ3v) is 10.2. The number of nitrogens with zero attached hydrogens (tertiary/aromatic N) is 7. The molecule has 0 bridgehead atoms. The minimum Gasteiger partial charge on any atom is -0.394 e. The van der Waals surface area contributed by atoms with Crippen molar-refractivity contribution in [2.45, 2.75) is 45.6 Å². The molecule has 0 aliphatic carbocycles. The van der Waals surface area contributed by atoms with Gasteiger partial charge in [-0.3, -0.25) is 19.9 Å². The van der Waals surface area contributed by atoms with Gasteiger partial charge in [0.05, 0.1) is 40.2 Å². The fraction of sp³-hybridized carbons (Fsp3) is 0.488. The molecule has 1 fully saturated rings. The van der Waals surface area contributed by atoms with Gasteiger partial charge < -0.3 is 52.5 Å². The quantitative estimate of drug-likeness (QED) is 0.0913. The zero-order valence-electron chi connectivity index (χ0n) is 35.0. The molecule has 2 aromatic rings. The van der Waals surface area contributed by atoms with Gasteiger partial charge in [-0.15, -0.1) is 0 Å². The fourth-order valence-corrected chi connectivity index (χ4v) is 6.22. The third kappa shape index (κ3) is 17.1. The number of nitrogens with two attached hydrogens (primary N) is 1. The van der Waals surface area contributed by atoms with Crippen LogP contribution in [0.1, 0.15) is 47.2 Å². The predicted octanol–water partition coefficient (Wildman–Crippen LogP) is 4.43. The lowest BCUT2D eigenvalue weighted by Crippen LogP contribution is -2.51. The number of pyridine rings is 2. The molecule has 1 saturated heterocycles. The molecule has 8 N–H and O–H groups in total. The molecule has 314 valence electrons. The van der Waals surface area contributed by atoms with Gasteiger partial charge in [-0.05, 0) is 94.3 Å². The topological polar surface area (TPSA) is 173 Å². The highest BCUT2D eigenvalue weighted by Gasteiger charge is 2.31. The molecule has 1 unspecified atom stereocenters. The van der Waals surface area contributed by atoms with Crippen molar-refractivity contribution in [3.05, 3.63) is 85.3 Å². The smallest absolute Gasteiger partial charge is 0.168 e. The Morgan fingerprint density at radius 3 is 2.40 bits per heavy atom. The van der Waals surface area contributed by atoms with Crippen molar-refractivity contribution in [1.29, 1.82) is 10.8 Å². The van der Waals surface area contributed by atoms with E-state index in [4.69, 9.17) is 41.0 Å². The van der Waals surface area contributed by atoms with E-state index in [9.17, 15) is 0 Å².